The predicted molar refractivity (Wildman–Crippen MR) is 81.1 cm³/mol. The molecule has 1 aliphatic carbocycles. The molecule has 0 N–H and O–H groups in total. The van der Waals surface area contributed by atoms with Crippen LogP contribution in [-0.2, 0) is 11.2 Å². The van der Waals surface area contributed by atoms with Gasteiger partial charge in [-0.2, -0.15) is 0 Å². The summed E-state index contributed by atoms with van der Waals surface area (Å²) >= 11 is 0. The topological polar surface area (TPSA) is 21.7 Å². The van der Waals surface area contributed by atoms with E-state index in [0.717, 1.165) is 31.9 Å². The number of hydrogen-bond acceptors (Lipinski definition) is 3. The van der Waals surface area contributed by atoms with Gasteiger partial charge >= 0.3 is 0 Å². The SMILES string of the molecule is CC(C)N1CCOC(COc2ccc3c(c2)C=CC3)C1. The first-order chi connectivity index (χ1) is 9.72. The maximum Gasteiger partial charge on any atom is 0.120 e. The second-order valence-corrected chi connectivity index (χ2v) is 5.86. The summed E-state index contributed by atoms with van der Waals surface area (Å²) in [5.74, 6) is 0.945. The van der Waals surface area contributed by atoms with Gasteiger partial charge in [-0.25, -0.2) is 0 Å². The van der Waals surface area contributed by atoms with Crippen molar-refractivity contribution in [2.45, 2.75) is 32.4 Å². The molecule has 20 heavy (non-hydrogen) atoms. The molecular formula is C17H23NO2. The molecule has 0 spiro atoms. The lowest BCUT2D eigenvalue weighted by atomic mass is 10.1. The zero-order valence-electron chi connectivity index (χ0n) is 12.3. The molecule has 1 heterocycles. The number of allylic oxidation sites excluding steroid dienone is 1. The molecule has 1 atom stereocenters. The number of benzene rings is 1. The Morgan fingerprint density at radius 3 is 3.15 bits per heavy atom. The minimum Gasteiger partial charge on any atom is -0.491 e. The van der Waals surface area contributed by atoms with Crippen LogP contribution >= 0.6 is 0 Å². The van der Waals surface area contributed by atoms with Crippen molar-refractivity contribution in [1.29, 1.82) is 0 Å². The van der Waals surface area contributed by atoms with Crippen LogP contribution in [-0.4, -0.2) is 43.3 Å². The van der Waals surface area contributed by atoms with E-state index in [1.807, 2.05) is 0 Å². The molecular weight excluding hydrogens is 250 g/mol. The van der Waals surface area contributed by atoms with E-state index >= 15 is 0 Å². The van der Waals surface area contributed by atoms with Crippen molar-refractivity contribution in [3.05, 3.63) is 35.4 Å². The Bertz CT molecular complexity index is 496. The number of morpholine rings is 1. The van der Waals surface area contributed by atoms with Crippen LogP contribution in [0.4, 0.5) is 0 Å². The van der Waals surface area contributed by atoms with E-state index in [1.54, 1.807) is 0 Å². The highest BCUT2D eigenvalue weighted by Gasteiger charge is 2.22. The Morgan fingerprint density at radius 1 is 1.40 bits per heavy atom. The molecule has 0 bridgehead atoms. The van der Waals surface area contributed by atoms with Gasteiger partial charge in [0.15, 0.2) is 0 Å². The molecule has 1 unspecified atom stereocenters. The van der Waals surface area contributed by atoms with Gasteiger partial charge in [0.05, 0.1) is 6.61 Å². The third-order valence-corrected chi connectivity index (χ3v) is 4.09. The molecule has 3 rings (SSSR count). The number of nitrogens with zero attached hydrogens (tertiary/aromatic N) is 1. The summed E-state index contributed by atoms with van der Waals surface area (Å²) in [5, 5.41) is 0. The van der Waals surface area contributed by atoms with E-state index in [0.29, 0.717) is 12.6 Å². The molecule has 0 saturated carbocycles. The molecule has 3 heteroatoms. The summed E-state index contributed by atoms with van der Waals surface area (Å²) in [7, 11) is 0. The Balaban J connectivity index is 1.55. The second-order valence-electron chi connectivity index (χ2n) is 5.86. The Kier molecular flexibility index (Phi) is 4.08. The van der Waals surface area contributed by atoms with E-state index in [9.17, 15) is 0 Å². The highest BCUT2D eigenvalue weighted by molar-refractivity contribution is 5.61. The minimum atomic E-state index is 0.176. The average molecular weight is 273 g/mol. The smallest absolute Gasteiger partial charge is 0.120 e. The lowest BCUT2D eigenvalue weighted by Gasteiger charge is -2.35. The Labute approximate surface area is 121 Å². The van der Waals surface area contributed by atoms with Crippen LogP contribution in [0.3, 0.4) is 0 Å². The van der Waals surface area contributed by atoms with Crippen LogP contribution < -0.4 is 4.74 Å². The van der Waals surface area contributed by atoms with Gasteiger partial charge in [-0.15, -0.1) is 0 Å². The van der Waals surface area contributed by atoms with Crippen molar-refractivity contribution in [2.24, 2.45) is 0 Å². The van der Waals surface area contributed by atoms with Crippen LogP contribution in [0.15, 0.2) is 24.3 Å². The maximum atomic E-state index is 5.91. The molecule has 1 aromatic rings. The first-order valence-corrected chi connectivity index (χ1v) is 7.50. The lowest BCUT2D eigenvalue weighted by Crippen LogP contribution is -2.47. The second kappa shape index (κ2) is 5.98. The van der Waals surface area contributed by atoms with Crippen LogP contribution in [0.25, 0.3) is 6.08 Å². The molecule has 1 saturated heterocycles. The highest BCUT2D eigenvalue weighted by atomic mass is 16.5. The fourth-order valence-corrected chi connectivity index (χ4v) is 2.82. The van der Waals surface area contributed by atoms with Crippen LogP contribution in [0.5, 0.6) is 5.75 Å². The molecule has 1 aliphatic heterocycles. The standard InChI is InChI=1S/C17H23NO2/c1-13(2)18-8-9-19-17(11-18)12-20-16-7-6-14-4-3-5-15(14)10-16/h3,5-7,10,13,17H,4,8-9,11-12H2,1-2H3. The third-order valence-electron chi connectivity index (χ3n) is 4.09. The minimum absolute atomic E-state index is 0.176. The quantitative estimate of drug-likeness (QED) is 0.842. The van der Waals surface area contributed by atoms with E-state index in [2.05, 4.69) is 49.1 Å². The van der Waals surface area contributed by atoms with E-state index in [-0.39, 0.29) is 6.10 Å². The van der Waals surface area contributed by atoms with Gasteiger partial charge in [0.2, 0.25) is 0 Å². The fraction of sp³-hybridized carbons (Fsp3) is 0.529. The van der Waals surface area contributed by atoms with Gasteiger partial charge in [-0.1, -0.05) is 18.2 Å². The monoisotopic (exact) mass is 273 g/mol. The first kappa shape index (κ1) is 13.7. The molecule has 2 aliphatic rings. The van der Waals surface area contributed by atoms with Crippen molar-refractivity contribution < 1.29 is 9.47 Å². The summed E-state index contributed by atoms with van der Waals surface area (Å²) in [5.41, 5.74) is 2.67. The molecule has 0 amide bonds. The first-order valence-electron chi connectivity index (χ1n) is 7.50. The predicted octanol–water partition coefficient (Wildman–Crippen LogP) is 2.74. The van der Waals surface area contributed by atoms with E-state index in [4.69, 9.17) is 9.47 Å². The summed E-state index contributed by atoms with van der Waals surface area (Å²) in [6.07, 6.45) is 5.58. The number of hydrogen-bond donors (Lipinski definition) is 0. The van der Waals surface area contributed by atoms with Crippen molar-refractivity contribution in [3.8, 4) is 5.75 Å². The normalized spacial score (nSPS) is 22.2. The summed E-state index contributed by atoms with van der Waals surface area (Å²) in [4.78, 5) is 2.45. The maximum absolute atomic E-state index is 5.91. The fourth-order valence-electron chi connectivity index (χ4n) is 2.82. The van der Waals surface area contributed by atoms with Crippen LogP contribution in [0, 0.1) is 0 Å². The average Bonchev–Trinajstić information content (AvgIpc) is 2.93. The van der Waals surface area contributed by atoms with Crippen LogP contribution in [0.1, 0.15) is 25.0 Å². The van der Waals surface area contributed by atoms with Crippen molar-refractivity contribution >= 4 is 6.08 Å². The van der Waals surface area contributed by atoms with Gasteiger partial charge in [0.25, 0.3) is 0 Å². The zero-order valence-corrected chi connectivity index (χ0v) is 12.3. The number of fused-ring (bicyclic) bond motifs is 1. The van der Waals surface area contributed by atoms with E-state index in [1.165, 1.54) is 11.1 Å². The Morgan fingerprint density at radius 2 is 2.30 bits per heavy atom. The van der Waals surface area contributed by atoms with E-state index < -0.39 is 0 Å². The summed E-state index contributed by atoms with van der Waals surface area (Å²) < 4.78 is 11.7. The van der Waals surface area contributed by atoms with Crippen molar-refractivity contribution in [3.63, 3.8) is 0 Å². The molecule has 0 aromatic heterocycles. The molecule has 1 fully saturated rings. The molecule has 3 nitrogen and oxygen atoms in total. The van der Waals surface area contributed by atoms with Gasteiger partial charge < -0.3 is 9.47 Å². The van der Waals surface area contributed by atoms with Gasteiger partial charge in [-0.3, -0.25) is 4.90 Å². The lowest BCUT2D eigenvalue weighted by molar-refractivity contribution is -0.0564. The summed E-state index contributed by atoms with van der Waals surface area (Å²) in [6.45, 7) is 7.89. The molecule has 1 aromatic carbocycles. The number of rotatable bonds is 4. The van der Waals surface area contributed by atoms with Crippen LogP contribution in [0.2, 0.25) is 0 Å². The molecule has 108 valence electrons. The van der Waals surface area contributed by atoms with Gasteiger partial charge in [-0.05, 0) is 43.5 Å². The van der Waals surface area contributed by atoms with Gasteiger partial charge in [0, 0.05) is 19.1 Å². The largest absolute Gasteiger partial charge is 0.491 e. The van der Waals surface area contributed by atoms with Crippen molar-refractivity contribution in [1.82, 2.24) is 4.90 Å². The summed E-state index contributed by atoms with van der Waals surface area (Å²) in [6, 6.07) is 6.93. The highest BCUT2D eigenvalue weighted by Crippen LogP contribution is 2.24. The molecule has 0 radical (unpaired) electrons. The Hall–Kier alpha value is -1.32. The van der Waals surface area contributed by atoms with Gasteiger partial charge in [0.1, 0.15) is 18.5 Å². The number of ether oxygens (including phenoxy) is 2. The van der Waals surface area contributed by atoms with Crippen molar-refractivity contribution in [2.75, 3.05) is 26.3 Å². The third kappa shape index (κ3) is 3.05. The zero-order chi connectivity index (χ0) is 13.9.